The third kappa shape index (κ3) is 2.60. The van der Waals surface area contributed by atoms with E-state index in [0.717, 1.165) is 0 Å². The zero-order valence-corrected chi connectivity index (χ0v) is 10.0. The van der Waals surface area contributed by atoms with Crippen LogP contribution in [-0.2, 0) is 0 Å². The molecule has 5 heteroatoms. The van der Waals surface area contributed by atoms with Gasteiger partial charge in [0.05, 0.1) is 5.57 Å². The maximum Gasteiger partial charge on any atom is 0.416 e. The van der Waals surface area contributed by atoms with E-state index in [1.54, 1.807) is 0 Å². The quantitative estimate of drug-likeness (QED) is 0.695. The van der Waals surface area contributed by atoms with Crippen molar-refractivity contribution < 1.29 is 13.2 Å². The van der Waals surface area contributed by atoms with Crippen LogP contribution in [0.4, 0.5) is 13.2 Å². The van der Waals surface area contributed by atoms with Gasteiger partial charge in [-0.25, -0.2) is 0 Å². The summed E-state index contributed by atoms with van der Waals surface area (Å²) in [5.41, 5.74) is -0.779. The highest BCUT2D eigenvalue weighted by Gasteiger charge is 2.32. The summed E-state index contributed by atoms with van der Waals surface area (Å²) < 4.78 is 38.0. The molecule has 0 N–H and O–H groups in total. The second-order valence-corrected chi connectivity index (χ2v) is 4.31. The summed E-state index contributed by atoms with van der Waals surface area (Å²) in [6, 6.07) is 4.28. The summed E-state index contributed by atoms with van der Waals surface area (Å²) in [5.74, 6) is 0. The number of allylic oxidation sites excluding steroid dienone is 1. The first-order chi connectivity index (χ1) is 6.32. The maximum atomic E-state index is 12.2. The van der Waals surface area contributed by atoms with Gasteiger partial charge in [-0.3, -0.25) is 0 Å². The highest BCUT2D eigenvalue weighted by atomic mass is 79.9. The molecule has 76 valence electrons. The van der Waals surface area contributed by atoms with Crippen LogP contribution in [0.5, 0.6) is 0 Å². The van der Waals surface area contributed by atoms with Gasteiger partial charge in [-0.1, -0.05) is 12.6 Å². The fourth-order valence-electron chi connectivity index (χ4n) is 0.848. The minimum atomic E-state index is -4.38. The van der Waals surface area contributed by atoms with Crippen molar-refractivity contribution in [2.24, 2.45) is 0 Å². The Bertz CT molecular complexity index is 369. The summed E-state index contributed by atoms with van der Waals surface area (Å²) in [5, 5.41) is 0. The van der Waals surface area contributed by atoms with Gasteiger partial charge in [0.15, 0.2) is 0 Å². The smallest absolute Gasteiger partial charge is 0.166 e. The fourth-order valence-corrected chi connectivity index (χ4v) is 1.47. The van der Waals surface area contributed by atoms with Crippen LogP contribution in [0.15, 0.2) is 33.7 Å². The average molecular weight is 330 g/mol. The van der Waals surface area contributed by atoms with E-state index < -0.39 is 11.7 Å². The van der Waals surface area contributed by atoms with Gasteiger partial charge in [-0.15, -0.1) is 0 Å². The van der Waals surface area contributed by atoms with Crippen LogP contribution in [0.2, 0.25) is 0 Å². The fraction of sp³-hybridized carbons (Fsp3) is 0.111. The Labute approximate surface area is 96.1 Å². The van der Waals surface area contributed by atoms with Crippen molar-refractivity contribution in [1.29, 1.82) is 0 Å². The molecule has 0 saturated heterocycles. The molecular weight excluding hydrogens is 325 g/mol. The molecule has 0 aliphatic carbocycles. The molecule has 14 heavy (non-hydrogen) atoms. The van der Waals surface area contributed by atoms with Gasteiger partial charge in [0.2, 0.25) is 0 Å². The zero-order valence-electron chi connectivity index (χ0n) is 6.83. The van der Waals surface area contributed by atoms with Crippen LogP contribution in [0.1, 0.15) is 5.56 Å². The largest absolute Gasteiger partial charge is 0.416 e. The lowest BCUT2D eigenvalue weighted by Crippen LogP contribution is -2.09. The van der Waals surface area contributed by atoms with Crippen LogP contribution >= 0.6 is 31.9 Å². The number of rotatable bonds is 1. The van der Waals surface area contributed by atoms with Crippen LogP contribution < -0.4 is 0 Å². The predicted molar refractivity (Wildman–Crippen MR) is 56.9 cm³/mol. The summed E-state index contributed by atoms with van der Waals surface area (Å²) in [4.78, 5) is 0. The lowest BCUT2D eigenvalue weighted by Gasteiger charge is -2.10. The van der Waals surface area contributed by atoms with E-state index in [1.165, 1.54) is 18.2 Å². The molecule has 0 heterocycles. The maximum absolute atomic E-state index is 12.2. The summed E-state index contributed by atoms with van der Waals surface area (Å²) >= 11 is 6.30. The summed E-state index contributed by atoms with van der Waals surface area (Å²) in [7, 11) is 0. The number of hydrogen-bond acceptors (Lipinski definition) is 0. The second kappa shape index (κ2) is 4.06. The van der Waals surface area contributed by atoms with E-state index in [-0.39, 0.29) is 5.56 Å². The number of hydrogen-bond donors (Lipinski definition) is 0. The Kier molecular flexibility index (Phi) is 3.42. The van der Waals surface area contributed by atoms with Crippen molar-refractivity contribution in [2.45, 2.75) is 6.18 Å². The van der Waals surface area contributed by atoms with Crippen LogP contribution in [0.3, 0.4) is 0 Å². The van der Waals surface area contributed by atoms with Gasteiger partial charge in [0.1, 0.15) is 0 Å². The highest BCUT2D eigenvalue weighted by molar-refractivity contribution is 9.13. The molecular formula is C9H5Br2F3. The lowest BCUT2D eigenvalue weighted by atomic mass is 10.1. The normalized spacial score (nSPS) is 11.5. The number of halogens is 5. The lowest BCUT2D eigenvalue weighted by molar-refractivity contribution is -0.0686. The van der Waals surface area contributed by atoms with Gasteiger partial charge in [0.25, 0.3) is 0 Å². The molecule has 1 rings (SSSR count). The summed E-state index contributed by atoms with van der Waals surface area (Å²) in [6.45, 7) is 3.01. The molecule has 0 amide bonds. The SMILES string of the molecule is C=C(c1ccc(Br)c(Br)c1)C(F)(F)F. The number of alkyl halides is 3. The van der Waals surface area contributed by atoms with Crippen molar-refractivity contribution in [2.75, 3.05) is 0 Å². The standard InChI is InChI=1S/C9H5Br2F3/c1-5(9(12,13)14)6-2-3-7(10)8(11)4-6/h2-4H,1H2. The van der Waals surface area contributed by atoms with Gasteiger partial charge in [-0.2, -0.15) is 13.2 Å². The molecule has 0 spiro atoms. The average Bonchev–Trinajstić information content (AvgIpc) is 2.07. The van der Waals surface area contributed by atoms with Crippen molar-refractivity contribution in [1.82, 2.24) is 0 Å². The molecule has 0 aliphatic heterocycles. The van der Waals surface area contributed by atoms with E-state index in [0.29, 0.717) is 8.95 Å². The Hall–Kier alpha value is -0.290. The van der Waals surface area contributed by atoms with Crippen molar-refractivity contribution in [3.63, 3.8) is 0 Å². The van der Waals surface area contributed by atoms with Gasteiger partial charge < -0.3 is 0 Å². The highest BCUT2D eigenvalue weighted by Crippen LogP contribution is 2.34. The molecule has 0 atom stereocenters. The molecule has 1 aromatic rings. The second-order valence-electron chi connectivity index (χ2n) is 2.61. The molecule has 1 aromatic carbocycles. The van der Waals surface area contributed by atoms with E-state index in [1.807, 2.05) is 0 Å². The monoisotopic (exact) mass is 328 g/mol. The predicted octanol–water partition coefficient (Wildman–Crippen LogP) is 4.79. The van der Waals surface area contributed by atoms with Crippen LogP contribution in [-0.4, -0.2) is 6.18 Å². The minimum absolute atomic E-state index is 0.0626. The topological polar surface area (TPSA) is 0 Å². The Morgan fingerprint density at radius 3 is 2.14 bits per heavy atom. The Morgan fingerprint density at radius 1 is 1.14 bits per heavy atom. The molecule has 0 aromatic heterocycles. The van der Waals surface area contributed by atoms with Crippen molar-refractivity contribution in [3.8, 4) is 0 Å². The number of benzene rings is 1. The molecule has 0 saturated carbocycles. The van der Waals surface area contributed by atoms with Gasteiger partial charge in [0, 0.05) is 8.95 Å². The molecule has 0 nitrogen and oxygen atoms in total. The third-order valence-corrected chi connectivity index (χ3v) is 3.49. The first kappa shape index (κ1) is 11.8. The first-order valence-electron chi connectivity index (χ1n) is 3.54. The summed E-state index contributed by atoms with van der Waals surface area (Å²) in [6.07, 6.45) is -4.38. The molecule has 0 aliphatic rings. The van der Waals surface area contributed by atoms with E-state index in [4.69, 9.17) is 0 Å². The van der Waals surface area contributed by atoms with Crippen molar-refractivity contribution in [3.05, 3.63) is 39.3 Å². The van der Waals surface area contributed by atoms with Crippen LogP contribution in [0, 0.1) is 0 Å². The Morgan fingerprint density at radius 2 is 1.71 bits per heavy atom. The van der Waals surface area contributed by atoms with Crippen molar-refractivity contribution >= 4 is 37.4 Å². The van der Waals surface area contributed by atoms with E-state index in [9.17, 15) is 13.2 Å². The molecule has 0 fully saturated rings. The zero-order chi connectivity index (χ0) is 10.9. The van der Waals surface area contributed by atoms with Crippen LogP contribution in [0.25, 0.3) is 5.57 Å². The third-order valence-electron chi connectivity index (χ3n) is 1.61. The minimum Gasteiger partial charge on any atom is -0.166 e. The molecule has 0 radical (unpaired) electrons. The molecule has 0 bridgehead atoms. The Balaban J connectivity index is 3.10. The molecule has 0 unspecified atom stereocenters. The van der Waals surface area contributed by atoms with Gasteiger partial charge in [-0.05, 0) is 49.6 Å². The first-order valence-corrected chi connectivity index (χ1v) is 5.12. The van der Waals surface area contributed by atoms with Gasteiger partial charge >= 0.3 is 6.18 Å². The van der Waals surface area contributed by atoms with E-state index >= 15 is 0 Å². The van der Waals surface area contributed by atoms with E-state index in [2.05, 4.69) is 38.4 Å².